The van der Waals surface area contributed by atoms with Gasteiger partial charge in [-0.05, 0) is 61.7 Å². The normalized spacial score (nSPS) is 17.7. The number of aromatic nitrogens is 1. The third-order valence-corrected chi connectivity index (χ3v) is 6.77. The second-order valence-corrected chi connectivity index (χ2v) is 9.81. The summed E-state index contributed by atoms with van der Waals surface area (Å²) in [5.74, 6) is 0.633. The first kappa shape index (κ1) is 19.9. The lowest BCUT2D eigenvalue weighted by Gasteiger charge is -2.19. The van der Waals surface area contributed by atoms with Crippen LogP contribution in [0.4, 0.5) is 0 Å². The molecule has 1 aliphatic rings. The molecule has 1 fully saturated rings. The first-order valence-corrected chi connectivity index (χ1v) is 11.9. The molecule has 1 unspecified atom stereocenters. The van der Waals surface area contributed by atoms with E-state index in [1.807, 2.05) is 36.4 Å². The van der Waals surface area contributed by atoms with Crippen molar-refractivity contribution in [3.63, 3.8) is 0 Å². The second-order valence-electron chi connectivity index (χ2n) is 7.80. The Hall–Kier alpha value is -2.44. The maximum absolute atomic E-state index is 11.6. The average Bonchev–Trinajstić information content (AvgIpc) is 3.35. The van der Waals surface area contributed by atoms with Crippen molar-refractivity contribution in [2.45, 2.75) is 37.1 Å². The lowest BCUT2D eigenvalue weighted by atomic mass is 10.0. The Labute approximate surface area is 172 Å². The molecule has 1 aliphatic heterocycles. The van der Waals surface area contributed by atoms with E-state index >= 15 is 0 Å². The zero-order valence-corrected chi connectivity index (χ0v) is 17.7. The minimum Gasteiger partial charge on any atom is -0.444 e. The van der Waals surface area contributed by atoms with Crippen LogP contribution in [0.3, 0.4) is 0 Å². The van der Waals surface area contributed by atoms with Gasteiger partial charge in [0.05, 0.1) is 10.6 Å². The number of benzene rings is 2. The summed E-state index contributed by atoms with van der Waals surface area (Å²) in [7, 11) is -3.18. The highest BCUT2D eigenvalue weighted by molar-refractivity contribution is 7.90. The van der Waals surface area contributed by atoms with Crippen LogP contribution in [0.1, 0.15) is 25.5 Å². The number of oxazole rings is 1. The van der Waals surface area contributed by atoms with Crippen LogP contribution in [0.25, 0.3) is 22.6 Å². The highest BCUT2D eigenvalue weighted by atomic mass is 32.2. The molecular formula is C23H26N2O3S. The van der Waals surface area contributed by atoms with Crippen LogP contribution in [0.15, 0.2) is 64.1 Å². The van der Waals surface area contributed by atoms with Gasteiger partial charge in [0.15, 0.2) is 9.84 Å². The van der Waals surface area contributed by atoms with Crippen molar-refractivity contribution in [2.75, 3.05) is 19.3 Å². The maximum Gasteiger partial charge on any atom is 0.226 e. The molecule has 0 N–H and O–H groups in total. The van der Waals surface area contributed by atoms with E-state index in [0.29, 0.717) is 16.8 Å². The number of rotatable bonds is 6. The lowest BCUT2D eigenvalue weighted by molar-refractivity contribution is 0.271. The van der Waals surface area contributed by atoms with E-state index in [0.717, 1.165) is 35.3 Å². The summed E-state index contributed by atoms with van der Waals surface area (Å²) >= 11 is 0. The fourth-order valence-electron chi connectivity index (χ4n) is 3.84. The Morgan fingerprint density at radius 2 is 1.66 bits per heavy atom. The monoisotopic (exact) mass is 410 g/mol. The molecule has 3 aromatic rings. The van der Waals surface area contributed by atoms with Crippen LogP contribution in [0.2, 0.25) is 0 Å². The number of hydrogen-bond acceptors (Lipinski definition) is 5. The lowest BCUT2D eigenvalue weighted by Crippen LogP contribution is -2.29. The zero-order valence-electron chi connectivity index (χ0n) is 16.8. The van der Waals surface area contributed by atoms with Gasteiger partial charge in [0, 0.05) is 30.8 Å². The minimum atomic E-state index is -3.18. The van der Waals surface area contributed by atoms with Crippen molar-refractivity contribution in [3.05, 3.63) is 60.5 Å². The molecule has 2 heterocycles. The largest absolute Gasteiger partial charge is 0.444 e. The van der Waals surface area contributed by atoms with Crippen LogP contribution < -0.4 is 0 Å². The summed E-state index contributed by atoms with van der Waals surface area (Å²) in [6, 6.07) is 15.6. The van der Waals surface area contributed by atoms with E-state index in [2.05, 4.69) is 16.8 Å². The van der Waals surface area contributed by atoms with Gasteiger partial charge in [-0.2, -0.15) is 0 Å². The van der Waals surface area contributed by atoms with E-state index in [9.17, 15) is 8.42 Å². The number of sulfone groups is 1. The molecule has 1 saturated heterocycles. The van der Waals surface area contributed by atoms with Crippen LogP contribution in [-0.4, -0.2) is 43.7 Å². The SMILES string of the molecule is CC1CCCN1CCc1coc(-c2ccc(-c3ccc(S(C)(=O)=O)cc3)cc2)n1. The predicted octanol–water partition coefficient (Wildman–Crippen LogP) is 4.44. The molecule has 1 atom stereocenters. The molecule has 2 aromatic carbocycles. The summed E-state index contributed by atoms with van der Waals surface area (Å²) in [4.78, 5) is 7.49. The summed E-state index contributed by atoms with van der Waals surface area (Å²) in [5.41, 5.74) is 3.90. The topological polar surface area (TPSA) is 63.4 Å². The van der Waals surface area contributed by atoms with Crippen molar-refractivity contribution in [3.8, 4) is 22.6 Å². The summed E-state index contributed by atoms with van der Waals surface area (Å²) < 4.78 is 28.9. The molecule has 152 valence electrons. The Morgan fingerprint density at radius 3 is 2.24 bits per heavy atom. The van der Waals surface area contributed by atoms with Gasteiger partial charge in [0.25, 0.3) is 0 Å². The first-order valence-electron chi connectivity index (χ1n) is 9.99. The molecule has 0 amide bonds. The fraction of sp³-hybridized carbons (Fsp3) is 0.348. The summed E-state index contributed by atoms with van der Waals surface area (Å²) in [5, 5.41) is 0. The van der Waals surface area contributed by atoms with Crippen LogP contribution in [0.5, 0.6) is 0 Å². The Kier molecular flexibility index (Phi) is 5.56. The van der Waals surface area contributed by atoms with E-state index < -0.39 is 9.84 Å². The Balaban J connectivity index is 1.43. The van der Waals surface area contributed by atoms with Crippen LogP contribution in [0, 0.1) is 0 Å². The second kappa shape index (κ2) is 8.13. The van der Waals surface area contributed by atoms with E-state index in [1.165, 1.54) is 25.6 Å². The van der Waals surface area contributed by atoms with Crippen molar-refractivity contribution >= 4 is 9.84 Å². The highest BCUT2D eigenvalue weighted by Gasteiger charge is 2.20. The quantitative estimate of drug-likeness (QED) is 0.601. The Morgan fingerprint density at radius 1 is 1.03 bits per heavy atom. The van der Waals surface area contributed by atoms with Gasteiger partial charge in [-0.15, -0.1) is 0 Å². The van der Waals surface area contributed by atoms with Gasteiger partial charge in [0.2, 0.25) is 5.89 Å². The minimum absolute atomic E-state index is 0.327. The number of hydrogen-bond donors (Lipinski definition) is 0. The molecule has 6 heteroatoms. The van der Waals surface area contributed by atoms with E-state index in [-0.39, 0.29) is 0 Å². The molecule has 0 aliphatic carbocycles. The van der Waals surface area contributed by atoms with E-state index in [4.69, 9.17) is 4.42 Å². The molecule has 4 rings (SSSR count). The van der Waals surface area contributed by atoms with Crippen molar-refractivity contribution in [2.24, 2.45) is 0 Å². The van der Waals surface area contributed by atoms with Crippen molar-refractivity contribution in [1.82, 2.24) is 9.88 Å². The van der Waals surface area contributed by atoms with Gasteiger partial charge >= 0.3 is 0 Å². The molecule has 0 saturated carbocycles. The first-order chi connectivity index (χ1) is 13.9. The highest BCUT2D eigenvalue weighted by Crippen LogP contribution is 2.26. The summed E-state index contributed by atoms with van der Waals surface area (Å²) in [6.07, 6.45) is 6.45. The third-order valence-electron chi connectivity index (χ3n) is 5.65. The average molecular weight is 411 g/mol. The molecule has 29 heavy (non-hydrogen) atoms. The maximum atomic E-state index is 11.6. The van der Waals surface area contributed by atoms with E-state index in [1.54, 1.807) is 18.4 Å². The van der Waals surface area contributed by atoms with Crippen molar-refractivity contribution in [1.29, 1.82) is 0 Å². The zero-order chi connectivity index (χ0) is 20.4. The molecule has 0 radical (unpaired) electrons. The molecule has 0 spiro atoms. The standard InChI is InChI=1S/C23H26N2O3S/c1-17-4-3-14-25(17)15-13-21-16-28-23(24-21)20-7-5-18(6-8-20)19-9-11-22(12-10-19)29(2,26)27/h5-12,16-17H,3-4,13-15H2,1-2H3. The number of nitrogens with zero attached hydrogens (tertiary/aromatic N) is 2. The fourth-order valence-corrected chi connectivity index (χ4v) is 4.47. The van der Waals surface area contributed by atoms with Crippen molar-refractivity contribution < 1.29 is 12.8 Å². The molecule has 5 nitrogen and oxygen atoms in total. The van der Waals surface area contributed by atoms with Gasteiger partial charge in [-0.1, -0.05) is 24.3 Å². The van der Waals surface area contributed by atoms with Gasteiger partial charge in [-0.25, -0.2) is 13.4 Å². The molecular weight excluding hydrogens is 384 g/mol. The van der Waals surface area contributed by atoms with Crippen LogP contribution >= 0.6 is 0 Å². The predicted molar refractivity (Wildman–Crippen MR) is 114 cm³/mol. The van der Waals surface area contributed by atoms with Gasteiger partial charge in [-0.3, -0.25) is 0 Å². The van der Waals surface area contributed by atoms with Gasteiger partial charge in [0.1, 0.15) is 6.26 Å². The van der Waals surface area contributed by atoms with Crippen LogP contribution in [-0.2, 0) is 16.3 Å². The third kappa shape index (κ3) is 4.60. The molecule has 1 aromatic heterocycles. The van der Waals surface area contributed by atoms with Gasteiger partial charge < -0.3 is 9.32 Å². The molecule has 0 bridgehead atoms. The smallest absolute Gasteiger partial charge is 0.226 e. The summed E-state index contributed by atoms with van der Waals surface area (Å²) in [6.45, 7) is 4.49. The number of likely N-dealkylation sites (tertiary alicyclic amines) is 1. The Bertz CT molecular complexity index is 1070.